The maximum absolute atomic E-state index is 13.5. The first kappa shape index (κ1) is 19.8. The van der Waals surface area contributed by atoms with Crippen molar-refractivity contribution in [3.8, 4) is 5.88 Å². The van der Waals surface area contributed by atoms with Crippen LogP contribution in [0.2, 0.25) is 0 Å². The van der Waals surface area contributed by atoms with Crippen LogP contribution in [0.25, 0.3) is 4.96 Å². The molecule has 4 rings (SSSR count). The summed E-state index contributed by atoms with van der Waals surface area (Å²) in [5, 5.41) is 15.1. The topological polar surface area (TPSA) is 80.0 Å². The van der Waals surface area contributed by atoms with Crippen molar-refractivity contribution < 1.29 is 19.0 Å². The fourth-order valence-electron chi connectivity index (χ4n) is 3.85. The van der Waals surface area contributed by atoms with Crippen LogP contribution in [0.3, 0.4) is 0 Å². The number of benzene rings is 1. The highest BCUT2D eigenvalue weighted by Gasteiger charge is 2.34. The van der Waals surface area contributed by atoms with Gasteiger partial charge < -0.3 is 9.84 Å². The normalized spacial score (nSPS) is 16.9. The predicted molar refractivity (Wildman–Crippen MR) is 106 cm³/mol. The van der Waals surface area contributed by atoms with Gasteiger partial charge in [-0.1, -0.05) is 23.5 Å². The number of hydrogen-bond donors (Lipinski definition) is 1. The van der Waals surface area contributed by atoms with Crippen LogP contribution in [0, 0.1) is 18.7 Å². The smallest absolute Gasteiger partial charge is 0.309 e. The molecule has 1 aromatic carbocycles. The number of aromatic nitrogens is 3. The first-order valence-electron chi connectivity index (χ1n) is 9.69. The van der Waals surface area contributed by atoms with E-state index in [-0.39, 0.29) is 29.6 Å². The van der Waals surface area contributed by atoms with Crippen LogP contribution in [0.5, 0.6) is 5.88 Å². The lowest BCUT2D eigenvalue weighted by Gasteiger charge is -2.36. The molecule has 1 saturated heterocycles. The van der Waals surface area contributed by atoms with Gasteiger partial charge in [0, 0.05) is 0 Å². The highest BCUT2D eigenvalue weighted by molar-refractivity contribution is 7.17. The van der Waals surface area contributed by atoms with Crippen molar-refractivity contribution in [2.45, 2.75) is 32.7 Å². The van der Waals surface area contributed by atoms with E-state index in [4.69, 9.17) is 4.74 Å². The molecule has 0 saturated carbocycles. The molecule has 3 heterocycles. The molecule has 1 aliphatic rings. The van der Waals surface area contributed by atoms with E-state index in [2.05, 4.69) is 15.0 Å². The summed E-state index contributed by atoms with van der Waals surface area (Å²) in [6, 6.07) is 6.04. The highest BCUT2D eigenvalue weighted by atomic mass is 32.1. The van der Waals surface area contributed by atoms with Crippen molar-refractivity contribution in [1.82, 2.24) is 19.5 Å². The van der Waals surface area contributed by atoms with Crippen molar-refractivity contribution >= 4 is 22.3 Å². The summed E-state index contributed by atoms with van der Waals surface area (Å²) >= 11 is 1.37. The standard InChI is InChI=1S/C20H23FN4O3S/c1-3-28-19(27)14-8-10-24(11-9-14)16(13-4-6-15(21)7-5-13)17-18(26)25-20(29-17)22-12(2)23-25/h4-7,14,16,26H,3,8-11H2,1-2H3/t16-/m1/s1. The van der Waals surface area contributed by atoms with Gasteiger partial charge in [0.1, 0.15) is 11.6 Å². The number of carbonyl (C=O) groups is 1. The van der Waals surface area contributed by atoms with E-state index >= 15 is 0 Å². The van der Waals surface area contributed by atoms with Crippen LogP contribution in [0.4, 0.5) is 4.39 Å². The quantitative estimate of drug-likeness (QED) is 0.641. The van der Waals surface area contributed by atoms with Crippen molar-refractivity contribution in [1.29, 1.82) is 0 Å². The molecule has 154 valence electrons. The van der Waals surface area contributed by atoms with Gasteiger partial charge in [0.05, 0.1) is 23.4 Å². The van der Waals surface area contributed by atoms with Gasteiger partial charge in [-0.15, -0.1) is 5.10 Å². The SMILES string of the molecule is CCOC(=O)C1CCN([C@H](c2ccc(F)cc2)c2sc3nc(C)nn3c2O)CC1. The Kier molecular flexibility index (Phi) is 5.51. The Morgan fingerprint density at radius 3 is 2.66 bits per heavy atom. The van der Waals surface area contributed by atoms with Gasteiger partial charge in [-0.25, -0.2) is 9.37 Å². The molecule has 29 heavy (non-hydrogen) atoms. The number of likely N-dealkylation sites (tertiary alicyclic amines) is 1. The number of fused-ring (bicyclic) bond motifs is 1. The van der Waals surface area contributed by atoms with E-state index in [0.717, 1.165) is 5.56 Å². The second-order valence-electron chi connectivity index (χ2n) is 7.16. The molecule has 3 aromatic rings. The zero-order valence-corrected chi connectivity index (χ0v) is 17.2. The van der Waals surface area contributed by atoms with Gasteiger partial charge in [-0.05, 0) is 57.5 Å². The number of nitrogens with zero attached hydrogens (tertiary/aromatic N) is 4. The number of aryl methyl sites for hydroxylation is 1. The van der Waals surface area contributed by atoms with Gasteiger partial charge >= 0.3 is 5.97 Å². The zero-order valence-electron chi connectivity index (χ0n) is 16.3. The third kappa shape index (κ3) is 3.84. The predicted octanol–water partition coefficient (Wildman–Crippen LogP) is 3.31. The molecule has 0 amide bonds. The Labute approximate surface area is 171 Å². The van der Waals surface area contributed by atoms with Crippen molar-refractivity contribution in [2.75, 3.05) is 19.7 Å². The number of ether oxygens (including phenoxy) is 1. The molecule has 1 fully saturated rings. The van der Waals surface area contributed by atoms with Gasteiger partial charge in [-0.2, -0.15) is 4.52 Å². The molecule has 9 heteroatoms. The van der Waals surface area contributed by atoms with Crippen LogP contribution in [0.15, 0.2) is 24.3 Å². The summed E-state index contributed by atoms with van der Waals surface area (Å²) < 4.78 is 20.1. The minimum Gasteiger partial charge on any atom is -0.492 e. The molecule has 0 spiro atoms. The van der Waals surface area contributed by atoms with E-state index in [9.17, 15) is 14.3 Å². The second-order valence-corrected chi connectivity index (χ2v) is 8.17. The Balaban J connectivity index is 1.66. The lowest BCUT2D eigenvalue weighted by atomic mass is 9.93. The van der Waals surface area contributed by atoms with Gasteiger partial charge in [0.2, 0.25) is 10.8 Å². The van der Waals surface area contributed by atoms with Crippen LogP contribution in [-0.4, -0.2) is 50.3 Å². The third-order valence-electron chi connectivity index (χ3n) is 5.25. The van der Waals surface area contributed by atoms with E-state index < -0.39 is 0 Å². The van der Waals surface area contributed by atoms with Crippen LogP contribution >= 0.6 is 11.3 Å². The highest BCUT2D eigenvalue weighted by Crippen LogP contribution is 2.41. The summed E-state index contributed by atoms with van der Waals surface area (Å²) in [5.41, 5.74) is 0.873. The van der Waals surface area contributed by atoms with E-state index in [0.29, 0.717) is 48.2 Å². The first-order chi connectivity index (χ1) is 14.0. The number of aromatic hydroxyl groups is 1. The molecule has 2 aromatic heterocycles. The number of piperidine rings is 1. The minimum atomic E-state index is -0.309. The number of carbonyl (C=O) groups excluding carboxylic acids is 1. The average molecular weight is 418 g/mol. The summed E-state index contributed by atoms with van der Waals surface area (Å²) in [5.74, 6) is 0.0661. The Morgan fingerprint density at radius 1 is 1.34 bits per heavy atom. The zero-order chi connectivity index (χ0) is 20.5. The summed E-state index contributed by atoms with van der Waals surface area (Å²) in [4.78, 5) is 20.0. The van der Waals surface area contributed by atoms with Crippen molar-refractivity contribution in [3.05, 3.63) is 46.3 Å². The molecule has 7 nitrogen and oxygen atoms in total. The van der Waals surface area contributed by atoms with Crippen LogP contribution < -0.4 is 0 Å². The average Bonchev–Trinajstić information content (AvgIpc) is 3.22. The molecule has 0 aliphatic carbocycles. The largest absolute Gasteiger partial charge is 0.492 e. The maximum Gasteiger partial charge on any atom is 0.309 e. The molecule has 0 bridgehead atoms. The lowest BCUT2D eigenvalue weighted by Crippen LogP contribution is -2.39. The molecule has 0 unspecified atom stereocenters. The summed E-state index contributed by atoms with van der Waals surface area (Å²) in [7, 11) is 0. The monoisotopic (exact) mass is 418 g/mol. The second kappa shape index (κ2) is 8.08. The Morgan fingerprint density at radius 2 is 2.03 bits per heavy atom. The van der Waals surface area contributed by atoms with Crippen LogP contribution in [-0.2, 0) is 9.53 Å². The summed E-state index contributed by atoms with van der Waals surface area (Å²) in [6.45, 7) is 5.29. The third-order valence-corrected chi connectivity index (χ3v) is 6.33. The molecular weight excluding hydrogens is 395 g/mol. The fourth-order valence-corrected chi connectivity index (χ4v) is 5.02. The van der Waals surface area contributed by atoms with Gasteiger partial charge in [0.15, 0.2) is 0 Å². The number of esters is 1. The Hall–Kier alpha value is -2.52. The molecular formula is C20H23FN4O3S. The minimum absolute atomic E-state index is 0.0486. The van der Waals surface area contributed by atoms with Gasteiger partial charge in [0.25, 0.3) is 0 Å². The fraction of sp³-hybridized carbons (Fsp3) is 0.450. The number of halogens is 1. The molecule has 1 N–H and O–H groups in total. The number of hydrogen-bond acceptors (Lipinski definition) is 7. The molecule has 0 radical (unpaired) electrons. The van der Waals surface area contributed by atoms with Crippen molar-refractivity contribution in [3.63, 3.8) is 0 Å². The van der Waals surface area contributed by atoms with Crippen LogP contribution in [0.1, 0.15) is 42.1 Å². The number of rotatable bonds is 5. The lowest BCUT2D eigenvalue weighted by molar-refractivity contribution is -0.149. The van der Waals surface area contributed by atoms with Crippen molar-refractivity contribution in [2.24, 2.45) is 5.92 Å². The Bertz CT molecular complexity index is 1010. The summed E-state index contributed by atoms with van der Waals surface area (Å²) in [6.07, 6.45) is 1.36. The number of thiazole rings is 1. The first-order valence-corrected chi connectivity index (χ1v) is 10.5. The molecule has 1 atom stereocenters. The van der Waals surface area contributed by atoms with E-state index in [1.807, 2.05) is 6.92 Å². The molecule has 1 aliphatic heterocycles. The van der Waals surface area contributed by atoms with E-state index in [1.165, 1.54) is 28.0 Å². The van der Waals surface area contributed by atoms with E-state index in [1.54, 1.807) is 19.1 Å². The van der Waals surface area contributed by atoms with Gasteiger partial charge in [-0.3, -0.25) is 9.69 Å². The maximum atomic E-state index is 13.5.